The normalized spacial score (nSPS) is 10.9. The summed E-state index contributed by atoms with van der Waals surface area (Å²) in [6.07, 6.45) is 0. The lowest BCUT2D eigenvalue weighted by Gasteiger charge is -2.24. The topological polar surface area (TPSA) is 36.9 Å². The largest absolute Gasteiger partial charge is 0.925 e. The maximum absolute atomic E-state index is 13.6. The Balaban J connectivity index is 1.91. The number of rotatable bonds is 7. The first-order chi connectivity index (χ1) is 11.8. The molecule has 3 rings (SSSR count). The van der Waals surface area contributed by atoms with Gasteiger partial charge in [0.25, 0.3) is 0 Å². The minimum Gasteiger partial charge on any atom is -0.460 e. The molecule has 0 saturated heterocycles. The summed E-state index contributed by atoms with van der Waals surface area (Å²) in [5.74, 6) is 1.15. The van der Waals surface area contributed by atoms with Crippen molar-refractivity contribution in [1.29, 1.82) is 0 Å². The number of benzene rings is 3. The Bertz CT molecular complexity index is 639. The van der Waals surface area contributed by atoms with Crippen LogP contribution in [-0.4, -0.2) is 9.05 Å². The van der Waals surface area contributed by atoms with Gasteiger partial charge in [0, 0.05) is 0 Å². The van der Waals surface area contributed by atoms with E-state index in [9.17, 15) is 4.53 Å². The van der Waals surface area contributed by atoms with E-state index < -0.39 is 9.05 Å². The molecule has 0 aliphatic carbocycles. The monoisotopic (exact) mass is 342 g/mol. The lowest BCUT2D eigenvalue weighted by atomic mass is 10.3. The van der Waals surface area contributed by atoms with Crippen LogP contribution >= 0.6 is 0 Å². The highest BCUT2D eigenvalue weighted by atomic mass is 28.4. The first kappa shape index (κ1) is 16.0. The predicted octanol–water partition coefficient (Wildman–Crippen LogP) is 4.56. The Kier molecular flexibility index (Phi) is 5.10. The summed E-state index contributed by atoms with van der Waals surface area (Å²) in [7, 11) is -4.16. The fourth-order valence-corrected chi connectivity index (χ4v) is 3.50. The van der Waals surface area contributed by atoms with Crippen LogP contribution in [-0.2, 0) is 4.63 Å². The van der Waals surface area contributed by atoms with Gasteiger partial charge >= 0.3 is 9.05 Å². The van der Waals surface area contributed by atoms with Crippen molar-refractivity contribution in [1.82, 2.24) is 0 Å². The average molecular weight is 342 g/mol. The second kappa shape index (κ2) is 7.63. The highest BCUT2D eigenvalue weighted by molar-refractivity contribution is 6.55. The van der Waals surface area contributed by atoms with Gasteiger partial charge in [0.1, 0.15) is 17.2 Å². The third-order valence-electron chi connectivity index (χ3n) is 3.05. The Morgan fingerprint density at radius 1 is 0.500 bits per heavy atom. The van der Waals surface area contributed by atoms with Crippen LogP contribution in [0.25, 0.3) is 0 Å². The molecule has 0 aliphatic rings. The van der Waals surface area contributed by atoms with Crippen LogP contribution in [0.15, 0.2) is 91.0 Å². The maximum atomic E-state index is 13.6. The molecule has 0 atom stereocenters. The highest BCUT2D eigenvalue weighted by Crippen LogP contribution is 2.24. The summed E-state index contributed by atoms with van der Waals surface area (Å²) < 4.78 is 34.6. The van der Waals surface area contributed by atoms with Crippen LogP contribution in [0, 0.1) is 0 Å². The fraction of sp³-hybridized carbons (Fsp3) is 0. The minimum atomic E-state index is -4.16. The molecular weight excluding hydrogens is 327 g/mol. The molecule has 0 heterocycles. The van der Waals surface area contributed by atoms with E-state index in [1.54, 1.807) is 72.8 Å². The Morgan fingerprint density at radius 2 is 0.792 bits per heavy atom. The van der Waals surface area contributed by atoms with E-state index >= 15 is 0 Å². The molecule has 24 heavy (non-hydrogen) atoms. The molecule has 0 aromatic heterocycles. The summed E-state index contributed by atoms with van der Waals surface area (Å²) >= 11 is 0. The van der Waals surface area contributed by atoms with Crippen LogP contribution in [0.5, 0.6) is 17.2 Å². The first-order valence-electron chi connectivity index (χ1n) is 7.32. The molecule has 3 aromatic carbocycles. The van der Waals surface area contributed by atoms with E-state index in [-0.39, 0.29) is 0 Å². The smallest absolute Gasteiger partial charge is 0.460 e. The molecule has 4 nitrogen and oxygen atoms in total. The Hall–Kier alpha value is -2.83. The van der Waals surface area contributed by atoms with Gasteiger partial charge in [-0.15, -0.1) is 4.63 Å². The highest BCUT2D eigenvalue weighted by Gasteiger charge is 2.57. The molecule has 0 amide bonds. The standard InChI is InChI=1S/C18H15FO4Si/c19-23-24(20-16-10-4-1-5-11-16,21-17-12-6-2-7-13-17)22-18-14-8-3-9-15-18/h1-15H. The van der Waals surface area contributed by atoms with Crippen LogP contribution in [0.2, 0.25) is 0 Å². The van der Waals surface area contributed by atoms with E-state index in [2.05, 4.69) is 4.63 Å². The van der Waals surface area contributed by atoms with Crippen molar-refractivity contribution >= 4 is 9.05 Å². The molecule has 0 saturated carbocycles. The number of hydrogen-bond donors (Lipinski definition) is 0. The third kappa shape index (κ3) is 4.12. The molecule has 0 spiro atoms. The molecule has 0 radical (unpaired) electrons. The number of hydrogen-bond acceptors (Lipinski definition) is 4. The third-order valence-corrected chi connectivity index (χ3v) is 4.70. The van der Waals surface area contributed by atoms with Gasteiger partial charge in [-0.2, -0.15) is 0 Å². The van der Waals surface area contributed by atoms with E-state index in [4.69, 9.17) is 13.3 Å². The van der Waals surface area contributed by atoms with Gasteiger partial charge in [-0.25, -0.2) is 0 Å². The van der Waals surface area contributed by atoms with Gasteiger partial charge in [0.15, 0.2) is 0 Å². The number of halogens is 1. The zero-order chi connectivity index (χ0) is 16.7. The summed E-state index contributed by atoms with van der Waals surface area (Å²) in [6.45, 7) is 0. The zero-order valence-corrected chi connectivity index (χ0v) is 13.7. The van der Waals surface area contributed by atoms with E-state index in [1.807, 2.05) is 18.2 Å². The van der Waals surface area contributed by atoms with Crippen molar-refractivity contribution in [3.05, 3.63) is 91.0 Å². The maximum Gasteiger partial charge on any atom is 0.925 e. The van der Waals surface area contributed by atoms with Crippen molar-refractivity contribution < 1.29 is 22.4 Å². The Morgan fingerprint density at radius 3 is 1.04 bits per heavy atom. The van der Waals surface area contributed by atoms with Gasteiger partial charge in [0.2, 0.25) is 0 Å². The van der Waals surface area contributed by atoms with E-state index in [0.29, 0.717) is 17.2 Å². The fourth-order valence-electron chi connectivity index (χ4n) is 2.01. The molecule has 0 N–H and O–H groups in total. The molecule has 3 aromatic rings. The quantitative estimate of drug-likeness (QED) is 0.590. The molecule has 122 valence electrons. The van der Waals surface area contributed by atoms with Gasteiger partial charge < -0.3 is 13.3 Å². The predicted molar refractivity (Wildman–Crippen MR) is 89.2 cm³/mol. The van der Waals surface area contributed by atoms with E-state index in [1.165, 1.54) is 0 Å². The van der Waals surface area contributed by atoms with Gasteiger partial charge in [-0.1, -0.05) is 59.1 Å². The van der Waals surface area contributed by atoms with Gasteiger partial charge in [0.05, 0.1) is 0 Å². The van der Waals surface area contributed by atoms with Crippen molar-refractivity contribution in [3.8, 4) is 17.2 Å². The molecule has 0 unspecified atom stereocenters. The average Bonchev–Trinajstić information content (AvgIpc) is 2.64. The van der Waals surface area contributed by atoms with Crippen molar-refractivity contribution in [3.63, 3.8) is 0 Å². The van der Waals surface area contributed by atoms with Crippen molar-refractivity contribution in [2.75, 3.05) is 0 Å². The SMILES string of the molecule is FO[Si](Oc1ccccc1)(Oc1ccccc1)Oc1ccccc1. The molecule has 0 bridgehead atoms. The van der Waals surface area contributed by atoms with Crippen LogP contribution in [0.4, 0.5) is 4.53 Å². The van der Waals surface area contributed by atoms with Gasteiger partial charge in [-0.05, 0) is 36.4 Å². The minimum absolute atomic E-state index is 0.383. The van der Waals surface area contributed by atoms with Crippen LogP contribution in [0.3, 0.4) is 0 Å². The molecule has 0 aliphatic heterocycles. The summed E-state index contributed by atoms with van der Waals surface area (Å²) in [4.78, 5) is 0. The lowest BCUT2D eigenvalue weighted by molar-refractivity contribution is -0.0963. The second-order valence-corrected chi connectivity index (χ2v) is 6.59. The van der Waals surface area contributed by atoms with E-state index in [0.717, 1.165) is 0 Å². The van der Waals surface area contributed by atoms with Crippen LogP contribution < -0.4 is 13.3 Å². The molecule has 0 fully saturated rings. The zero-order valence-electron chi connectivity index (χ0n) is 12.7. The summed E-state index contributed by atoms with van der Waals surface area (Å²) in [5.41, 5.74) is 0. The first-order valence-corrected chi connectivity index (χ1v) is 8.95. The molecule has 6 heteroatoms. The number of para-hydroxylation sites is 3. The second-order valence-electron chi connectivity index (χ2n) is 4.82. The van der Waals surface area contributed by atoms with Crippen LogP contribution in [0.1, 0.15) is 0 Å². The Labute approximate surface area is 140 Å². The summed E-state index contributed by atoms with van der Waals surface area (Å²) in [6, 6.07) is 26.1. The lowest BCUT2D eigenvalue weighted by Crippen LogP contribution is -2.56. The molecular formula is C18H15FO4Si. The summed E-state index contributed by atoms with van der Waals surface area (Å²) in [5, 5.41) is 0. The van der Waals surface area contributed by atoms with Crippen molar-refractivity contribution in [2.45, 2.75) is 0 Å². The van der Waals surface area contributed by atoms with Gasteiger partial charge in [-0.3, -0.25) is 0 Å². The van der Waals surface area contributed by atoms with Crippen molar-refractivity contribution in [2.24, 2.45) is 0 Å².